The average molecular weight is 298 g/mol. The summed E-state index contributed by atoms with van der Waals surface area (Å²) in [5.41, 5.74) is -0.434. The van der Waals surface area contributed by atoms with Gasteiger partial charge in [0, 0.05) is 31.2 Å². The minimum atomic E-state index is -0.434. The molecule has 20 heavy (non-hydrogen) atoms. The number of carbonyl (C=O) groups is 1. The lowest BCUT2D eigenvalue weighted by atomic mass is 9.98. The van der Waals surface area contributed by atoms with Gasteiger partial charge in [-0.05, 0) is 39.5 Å². The Morgan fingerprint density at radius 2 is 2.40 bits per heavy atom. The molecule has 7 heteroatoms. The molecule has 112 valence electrons. The number of hydrogen-bond acceptors (Lipinski definition) is 6. The molecule has 0 aliphatic carbocycles. The van der Waals surface area contributed by atoms with E-state index < -0.39 is 5.60 Å². The van der Waals surface area contributed by atoms with Crippen LogP contribution in [0.2, 0.25) is 0 Å². The highest BCUT2D eigenvalue weighted by molar-refractivity contribution is 7.09. The number of ether oxygens (including phenoxy) is 1. The Bertz CT molecular complexity index is 430. The molecule has 1 aliphatic heterocycles. The van der Waals surface area contributed by atoms with E-state index in [2.05, 4.69) is 14.9 Å². The number of anilines is 1. The number of aromatic nitrogens is 2. The van der Waals surface area contributed by atoms with Gasteiger partial charge in [0.1, 0.15) is 10.6 Å². The fourth-order valence-electron chi connectivity index (χ4n) is 2.21. The summed E-state index contributed by atoms with van der Waals surface area (Å²) in [5.74, 6) is 0.443. The first-order valence-electron chi connectivity index (χ1n) is 6.93. The number of piperidine rings is 1. The van der Waals surface area contributed by atoms with Gasteiger partial charge < -0.3 is 15.0 Å². The van der Waals surface area contributed by atoms with Gasteiger partial charge in [-0.2, -0.15) is 0 Å². The van der Waals surface area contributed by atoms with Crippen molar-refractivity contribution in [1.82, 2.24) is 14.5 Å². The van der Waals surface area contributed by atoms with E-state index in [-0.39, 0.29) is 6.09 Å². The van der Waals surface area contributed by atoms with E-state index in [4.69, 9.17) is 4.74 Å². The summed E-state index contributed by atoms with van der Waals surface area (Å²) in [5, 5.41) is 8.08. The van der Waals surface area contributed by atoms with Crippen LogP contribution in [0.4, 0.5) is 9.80 Å². The minimum Gasteiger partial charge on any atom is -0.444 e. The fraction of sp³-hybridized carbons (Fsp3) is 0.769. The highest BCUT2D eigenvalue weighted by Gasteiger charge is 2.27. The van der Waals surface area contributed by atoms with Crippen LogP contribution in [-0.4, -0.2) is 45.8 Å². The second-order valence-electron chi connectivity index (χ2n) is 6.10. The number of carbonyl (C=O) groups excluding carboxylic acids is 1. The molecule has 0 aromatic carbocycles. The predicted molar refractivity (Wildman–Crippen MR) is 78.9 cm³/mol. The first kappa shape index (κ1) is 15.0. The minimum absolute atomic E-state index is 0.207. The van der Waals surface area contributed by atoms with Gasteiger partial charge in [0.05, 0.1) is 6.20 Å². The third kappa shape index (κ3) is 4.63. The van der Waals surface area contributed by atoms with Gasteiger partial charge in [-0.15, -0.1) is 5.10 Å². The molecule has 0 radical (unpaired) electrons. The van der Waals surface area contributed by atoms with Gasteiger partial charge in [-0.1, -0.05) is 4.49 Å². The Hall–Kier alpha value is -1.37. The van der Waals surface area contributed by atoms with Crippen molar-refractivity contribution >= 4 is 22.6 Å². The molecule has 1 saturated heterocycles. The van der Waals surface area contributed by atoms with Crippen LogP contribution >= 0.6 is 11.5 Å². The zero-order chi connectivity index (χ0) is 14.6. The molecule has 2 heterocycles. The lowest BCUT2D eigenvalue weighted by Gasteiger charge is -2.34. The van der Waals surface area contributed by atoms with Gasteiger partial charge >= 0.3 is 6.09 Å². The van der Waals surface area contributed by atoms with Gasteiger partial charge in [0.15, 0.2) is 0 Å². The zero-order valence-electron chi connectivity index (χ0n) is 12.3. The van der Waals surface area contributed by atoms with Gasteiger partial charge in [0.25, 0.3) is 0 Å². The number of hydrogen-bond donors (Lipinski definition) is 1. The summed E-state index contributed by atoms with van der Waals surface area (Å²) in [4.78, 5) is 13.9. The molecule has 1 aromatic rings. The highest BCUT2D eigenvalue weighted by atomic mass is 32.1. The van der Waals surface area contributed by atoms with E-state index in [1.54, 1.807) is 6.20 Å². The topological polar surface area (TPSA) is 67.3 Å². The Labute approximate surface area is 123 Å². The largest absolute Gasteiger partial charge is 0.444 e. The molecule has 1 aliphatic rings. The number of rotatable bonds is 3. The number of likely N-dealkylation sites (tertiary alicyclic amines) is 1. The standard InChI is InChI=1S/C13H22N4O2S/c1-13(2,3)19-12(18)17-6-4-5-10(9-17)7-14-11-8-15-16-20-11/h8,10,14H,4-7,9H2,1-3H3. The van der Waals surface area contributed by atoms with E-state index >= 15 is 0 Å². The quantitative estimate of drug-likeness (QED) is 0.929. The SMILES string of the molecule is CC(C)(C)OC(=O)N1CCCC(CNc2cnns2)C1. The van der Waals surface area contributed by atoms with E-state index in [9.17, 15) is 4.79 Å². The van der Waals surface area contributed by atoms with Crippen molar-refractivity contribution in [2.24, 2.45) is 5.92 Å². The number of amides is 1. The summed E-state index contributed by atoms with van der Waals surface area (Å²) in [6.45, 7) is 8.05. The molecule has 0 saturated carbocycles. The van der Waals surface area contributed by atoms with Crippen molar-refractivity contribution in [3.05, 3.63) is 6.20 Å². The predicted octanol–water partition coefficient (Wildman–Crippen LogP) is 2.60. The number of nitrogens with one attached hydrogen (secondary N) is 1. The molecule has 6 nitrogen and oxygen atoms in total. The fourth-order valence-corrected chi connectivity index (χ4v) is 2.64. The van der Waals surface area contributed by atoms with Crippen molar-refractivity contribution in [1.29, 1.82) is 0 Å². The van der Waals surface area contributed by atoms with Crippen LogP contribution in [0.3, 0.4) is 0 Å². The summed E-state index contributed by atoms with van der Waals surface area (Å²) in [6, 6.07) is 0. The summed E-state index contributed by atoms with van der Waals surface area (Å²) < 4.78 is 9.24. The van der Waals surface area contributed by atoms with E-state index in [0.717, 1.165) is 37.5 Å². The lowest BCUT2D eigenvalue weighted by Crippen LogP contribution is -2.44. The Morgan fingerprint density at radius 1 is 1.60 bits per heavy atom. The molecule has 0 spiro atoms. The first-order chi connectivity index (χ1) is 9.44. The van der Waals surface area contributed by atoms with Crippen LogP contribution in [-0.2, 0) is 4.74 Å². The second-order valence-corrected chi connectivity index (χ2v) is 6.88. The number of nitrogens with zero attached hydrogens (tertiary/aromatic N) is 3. The monoisotopic (exact) mass is 298 g/mol. The first-order valence-corrected chi connectivity index (χ1v) is 7.70. The maximum Gasteiger partial charge on any atom is 0.410 e. The molecule has 1 fully saturated rings. The van der Waals surface area contributed by atoms with Gasteiger partial charge in [-0.25, -0.2) is 4.79 Å². The van der Waals surface area contributed by atoms with Crippen molar-refractivity contribution < 1.29 is 9.53 Å². The van der Waals surface area contributed by atoms with Crippen LogP contribution in [0.15, 0.2) is 6.20 Å². The molecule has 1 unspecified atom stereocenters. The second kappa shape index (κ2) is 6.39. The van der Waals surface area contributed by atoms with Crippen LogP contribution in [0.5, 0.6) is 0 Å². The summed E-state index contributed by atoms with van der Waals surface area (Å²) >= 11 is 1.35. The molecule has 1 atom stereocenters. The molecule has 1 aromatic heterocycles. The smallest absolute Gasteiger partial charge is 0.410 e. The van der Waals surface area contributed by atoms with Gasteiger partial charge in [-0.3, -0.25) is 0 Å². The lowest BCUT2D eigenvalue weighted by molar-refractivity contribution is 0.0172. The molecule has 0 bridgehead atoms. The van der Waals surface area contributed by atoms with E-state index in [1.165, 1.54) is 11.5 Å². The molecule has 1 N–H and O–H groups in total. The van der Waals surface area contributed by atoms with Crippen molar-refractivity contribution in [3.63, 3.8) is 0 Å². The Balaban J connectivity index is 1.80. The van der Waals surface area contributed by atoms with E-state index in [0.29, 0.717) is 5.92 Å². The maximum atomic E-state index is 12.1. The third-order valence-corrected chi connectivity index (χ3v) is 3.72. The summed E-state index contributed by atoms with van der Waals surface area (Å²) in [6.07, 6.45) is 3.66. The van der Waals surface area contributed by atoms with Gasteiger partial charge in [0.2, 0.25) is 0 Å². The average Bonchev–Trinajstić information content (AvgIpc) is 2.88. The molecule has 1 amide bonds. The maximum absolute atomic E-state index is 12.1. The Morgan fingerprint density at radius 3 is 3.05 bits per heavy atom. The highest BCUT2D eigenvalue weighted by Crippen LogP contribution is 2.20. The molecule has 2 rings (SSSR count). The van der Waals surface area contributed by atoms with E-state index in [1.807, 2.05) is 25.7 Å². The summed E-state index contributed by atoms with van der Waals surface area (Å²) in [7, 11) is 0. The van der Waals surface area contributed by atoms with Crippen molar-refractivity contribution in [3.8, 4) is 0 Å². The van der Waals surface area contributed by atoms with Crippen LogP contribution in [0, 0.1) is 5.92 Å². The Kier molecular flexibility index (Phi) is 4.80. The van der Waals surface area contributed by atoms with Crippen LogP contribution in [0.1, 0.15) is 33.6 Å². The zero-order valence-corrected chi connectivity index (χ0v) is 13.1. The third-order valence-electron chi connectivity index (χ3n) is 3.10. The molecular weight excluding hydrogens is 276 g/mol. The van der Waals surface area contributed by atoms with Crippen LogP contribution < -0.4 is 5.32 Å². The van der Waals surface area contributed by atoms with Crippen molar-refractivity contribution in [2.45, 2.75) is 39.2 Å². The van der Waals surface area contributed by atoms with Crippen molar-refractivity contribution in [2.75, 3.05) is 25.0 Å². The normalized spacial score (nSPS) is 19.8. The van der Waals surface area contributed by atoms with Crippen LogP contribution in [0.25, 0.3) is 0 Å². The molecular formula is C13H22N4O2S.